The molecule has 0 aliphatic heterocycles. The van der Waals surface area contributed by atoms with Crippen LogP contribution in [0.2, 0.25) is 0 Å². The van der Waals surface area contributed by atoms with Crippen molar-refractivity contribution in [2.24, 2.45) is 0 Å². The maximum absolute atomic E-state index is 11.5. The monoisotopic (exact) mass is 295 g/mol. The van der Waals surface area contributed by atoms with Crippen molar-refractivity contribution < 1.29 is 4.79 Å². The Morgan fingerprint density at radius 3 is 3.00 bits per heavy atom. The highest BCUT2D eigenvalue weighted by Crippen LogP contribution is 2.19. The normalized spacial score (nSPS) is 10.8. The molecule has 0 saturated carbocycles. The fourth-order valence-corrected chi connectivity index (χ4v) is 2.03. The van der Waals surface area contributed by atoms with Crippen molar-refractivity contribution in [3.63, 3.8) is 0 Å². The number of pyridine rings is 1. The number of nitrogens with one attached hydrogen (secondary N) is 1. The summed E-state index contributed by atoms with van der Waals surface area (Å²) in [5.41, 5.74) is 2.68. The molecule has 0 saturated heterocycles. The number of hydrogen-bond donors (Lipinski definition) is 1. The van der Waals surface area contributed by atoms with Gasteiger partial charge >= 0.3 is 0 Å². The highest BCUT2D eigenvalue weighted by molar-refractivity contribution is 9.10. The minimum Gasteiger partial charge on any atom is -0.325 e. The number of rotatable bonds is 3. The predicted octanol–water partition coefficient (Wildman–Crippen LogP) is 3.14. The molecule has 0 bridgehead atoms. The maximum Gasteiger partial charge on any atom is 0.224 e. The van der Waals surface area contributed by atoms with Crippen LogP contribution < -0.4 is 5.32 Å². The molecule has 17 heavy (non-hydrogen) atoms. The summed E-state index contributed by atoms with van der Waals surface area (Å²) in [6.45, 7) is 3.96. The van der Waals surface area contributed by atoms with Gasteiger partial charge in [0.15, 0.2) is 0 Å². The smallest absolute Gasteiger partial charge is 0.224 e. The zero-order valence-corrected chi connectivity index (χ0v) is 11.4. The Kier molecular flexibility index (Phi) is 3.47. The zero-order chi connectivity index (χ0) is 12.4. The molecule has 2 heterocycles. The van der Waals surface area contributed by atoms with Gasteiger partial charge in [-0.25, -0.2) is 4.98 Å². The molecular weight excluding hydrogens is 282 g/mol. The lowest BCUT2D eigenvalue weighted by atomic mass is 10.3. The lowest BCUT2D eigenvalue weighted by molar-refractivity contribution is -0.116. The van der Waals surface area contributed by atoms with E-state index in [2.05, 4.69) is 26.2 Å². The van der Waals surface area contributed by atoms with Crippen LogP contribution in [0.5, 0.6) is 0 Å². The molecular formula is C12H14BrN3O. The van der Waals surface area contributed by atoms with Crippen molar-refractivity contribution in [1.29, 1.82) is 0 Å². The Bertz CT molecular complexity index is 562. The summed E-state index contributed by atoms with van der Waals surface area (Å²) >= 11 is 3.39. The molecule has 4 nitrogen and oxygen atoms in total. The summed E-state index contributed by atoms with van der Waals surface area (Å²) < 4.78 is 2.78. The molecule has 0 atom stereocenters. The lowest BCUT2D eigenvalue weighted by Gasteiger charge is -2.05. The Morgan fingerprint density at radius 1 is 1.53 bits per heavy atom. The molecule has 0 unspecified atom stereocenters. The second kappa shape index (κ2) is 4.87. The first-order valence-electron chi connectivity index (χ1n) is 5.56. The van der Waals surface area contributed by atoms with E-state index in [0.717, 1.165) is 28.1 Å². The van der Waals surface area contributed by atoms with Crippen LogP contribution >= 0.6 is 15.9 Å². The zero-order valence-electron chi connectivity index (χ0n) is 9.83. The van der Waals surface area contributed by atoms with Gasteiger partial charge in [0.25, 0.3) is 0 Å². The van der Waals surface area contributed by atoms with Gasteiger partial charge in [-0.15, -0.1) is 0 Å². The molecule has 5 heteroatoms. The molecule has 0 radical (unpaired) electrons. The van der Waals surface area contributed by atoms with Crippen molar-refractivity contribution in [3.8, 4) is 0 Å². The molecule has 2 aromatic heterocycles. The third-order valence-corrected chi connectivity index (χ3v) is 3.31. The van der Waals surface area contributed by atoms with Gasteiger partial charge in [0.2, 0.25) is 5.91 Å². The Balaban J connectivity index is 2.31. The number of aromatic nitrogens is 2. The number of nitrogens with zero attached hydrogens (tertiary/aromatic N) is 2. The number of amides is 1. The summed E-state index contributed by atoms with van der Waals surface area (Å²) in [5.74, 6) is 0.0451. The van der Waals surface area contributed by atoms with Gasteiger partial charge in [0.1, 0.15) is 10.3 Å². The molecule has 2 rings (SSSR count). The van der Waals surface area contributed by atoms with Crippen molar-refractivity contribution in [3.05, 3.63) is 28.6 Å². The van der Waals surface area contributed by atoms with Gasteiger partial charge in [-0.1, -0.05) is 6.92 Å². The first-order chi connectivity index (χ1) is 8.11. The number of carbonyl (C=O) groups is 1. The van der Waals surface area contributed by atoms with Crippen LogP contribution in [0.4, 0.5) is 5.69 Å². The van der Waals surface area contributed by atoms with Gasteiger partial charge in [-0.05, 0) is 41.4 Å². The van der Waals surface area contributed by atoms with Gasteiger partial charge in [0.05, 0.1) is 11.4 Å². The van der Waals surface area contributed by atoms with Crippen molar-refractivity contribution >= 4 is 33.2 Å². The molecule has 0 spiro atoms. The van der Waals surface area contributed by atoms with E-state index in [0.29, 0.717) is 6.42 Å². The lowest BCUT2D eigenvalue weighted by Crippen LogP contribution is -2.11. The maximum atomic E-state index is 11.5. The van der Waals surface area contributed by atoms with Gasteiger partial charge in [0, 0.05) is 12.6 Å². The minimum atomic E-state index is 0.0451. The summed E-state index contributed by atoms with van der Waals surface area (Å²) in [6.07, 6.45) is 3.28. The third kappa shape index (κ3) is 2.49. The van der Waals surface area contributed by atoms with E-state index in [4.69, 9.17) is 0 Å². The minimum absolute atomic E-state index is 0.0451. The summed E-state index contributed by atoms with van der Waals surface area (Å²) in [7, 11) is 0. The van der Waals surface area contributed by atoms with Crippen LogP contribution in [-0.4, -0.2) is 15.3 Å². The average molecular weight is 296 g/mol. The van der Waals surface area contributed by atoms with Crippen LogP contribution in [-0.2, 0) is 4.79 Å². The highest BCUT2D eigenvalue weighted by Gasteiger charge is 2.07. The van der Waals surface area contributed by atoms with E-state index in [1.54, 1.807) is 0 Å². The number of hydrogen-bond acceptors (Lipinski definition) is 2. The molecule has 1 N–H and O–H groups in total. The van der Waals surface area contributed by atoms with Crippen LogP contribution in [0.1, 0.15) is 25.5 Å². The molecule has 2 aromatic rings. The van der Waals surface area contributed by atoms with E-state index in [9.17, 15) is 4.79 Å². The summed E-state index contributed by atoms with van der Waals surface area (Å²) in [6, 6.07) is 3.75. The largest absolute Gasteiger partial charge is 0.325 e. The average Bonchev–Trinajstić information content (AvgIpc) is 2.56. The molecule has 0 aliphatic rings. The number of halogens is 1. The van der Waals surface area contributed by atoms with E-state index in [-0.39, 0.29) is 5.91 Å². The fourth-order valence-electron chi connectivity index (χ4n) is 1.66. The first kappa shape index (κ1) is 12.1. The standard InChI is InChI=1S/C12H14BrN3O/c1-3-4-11(17)14-9-5-6-10-15-12(13)8(2)16(10)7-9/h5-7H,3-4H2,1-2H3,(H,14,17). The van der Waals surface area contributed by atoms with Crippen LogP contribution in [0.15, 0.2) is 22.9 Å². The van der Waals surface area contributed by atoms with E-state index < -0.39 is 0 Å². The molecule has 0 aliphatic carbocycles. The SMILES string of the molecule is CCCC(=O)Nc1ccc2nc(Br)c(C)n2c1. The number of imidazole rings is 1. The molecule has 1 amide bonds. The Morgan fingerprint density at radius 2 is 2.29 bits per heavy atom. The van der Waals surface area contributed by atoms with Crippen molar-refractivity contribution in [2.75, 3.05) is 5.32 Å². The molecule has 0 fully saturated rings. The second-order valence-electron chi connectivity index (χ2n) is 3.93. The van der Waals surface area contributed by atoms with Crippen molar-refractivity contribution in [2.45, 2.75) is 26.7 Å². The van der Waals surface area contributed by atoms with Gasteiger partial charge in [-0.2, -0.15) is 0 Å². The van der Waals surface area contributed by atoms with E-state index in [1.165, 1.54) is 0 Å². The number of anilines is 1. The van der Waals surface area contributed by atoms with Crippen molar-refractivity contribution in [1.82, 2.24) is 9.38 Å². The number of fused-ring (bicyclic) bond motifs is 1. The topological polar surface area (TPSA) is 46.4 Å². The summed E-state index contributed by atoms with van der Waals surface area (Å²) in [4.78, 5) is 15.8. The number of carbonyl (C=O) groups excluding carboxylic acids is 1. The fraction of sp³-hybridized carbons (Fsp3) is 0.333. The Labute approximate surface area is 108 Å². The second-order valence-corrected chi connectivity index (χ2v) is 4.68. The van der Waals surface area contributed by atoms with E-state index >= 15 is 0 Å². The van der Waals surface area contributed by atoms with Crippen LogP contribution in [0.25, 0.3) is 5.65 Å². The van der Waals surface area contributed by atoms with E-state index in [1.807, 2.05) is 36.6 Å². The van der Waals surface area contributed by atoms with Crippen LogP contribution in [0, 0.1) is 6.92 Å². The Hall–Kier alpha value is -1.36. The predicted molar refractivity (Wildman–Crippen MR) is 71.2 cm³/mol. The molecule has 0 aromatic carbocycles. The quantitative estimate of drug-likeness (QED) is 0.945. The summed E-state index contributed by atoms with van der Waals surface area (Å²) in [5, 5.41) is 2.87. The van der Waals surface area contributed by atoms with Gasteiger partial charge in [-0.3, -0.25) is 4.79 Å². The highest BCUT2D eigenvalue weighted by atomic mass is 79.9. The number of aryl methyl sites for hydroxylation is 1. The van der Waals surface area contributed by atoms with Gasteiger partial charge < -0.3 is 9.72 Å². The molecule has 90 valence electrons. The first-order valence-corrected chi connectivity index (χ1v) is 6.35. The third-order valence-electron chi connectivity index (χ3n) is 2.56. The van der Waals surface area contributed by atoms with Crippen LogP contribution in [0.3, 0.4) is 0 Å².